The molecule has 0 aliphatic heterocycles. The van der Waals surface area contributed by atoms with Crippen molar-refractivity contribution in [3.05, 3.63) is 30.0 Å². The zero-order chi connectivity index (χ0) is 15.3. The smallest absolute Gasteiger partial charge is 0.315 e. The van der Waals surface area contributed by atoms with Crippen molar-refractivity contribution in [2.45, 2.75) is 58.7 Å². The van der Waals surface area contributed by atoms with Gasteiger partial charge < -0.3 is 19.5 Å². The number of rotatable bonds is 7. The molecule has 0 saturated carbocycles. The minimum atomic E-state index is 0.0262. The molecule has 0 amide bonds. The zero-order valence-corrected chi connectivity index (χ0v) is 13.1. The van der Waals surface area contributed by atoms with Crippen LogP contribution in [0.5, 0.6) is 0 Å². The van der Waals surface area contributed by atoms with Crippen LogP contribution in [0.2, 0.25) is 0 Å². The summed E-state index contributed by atoms with van der Waals surface area (Å²) < 4.78 is 10.9. The lowest BCUT2D eigenvalue weighted by Crippen LogP contribution is -2.35. The summed E-state index contributed by atoms with van der Waals surface area (Å²) in [4.78, 5) is 0. The van der Waals surface area contributed by atoms with Gasteiger partial charge in [-0.1, -0.05) is 5.10 Å². The molecule has 0 aliphatic carbocycles. The molecule has 0 fully saturated rings. The number of aryl methyl sites for hydroxylation is 1. The Labute approximate surface area is 125 Å². The van der Waals surface area contributed by atoms with E-state index in [0.29, 0.717) is 18.5 Å². The predicted molar refractivity (Wildman–Crippen MR) is 81.0 cm³/mol. The summed E-state index contributed by atoms with van der Waals surface area (Å²) >= 11 is 0. The topological polar surface area (TPSA) is 76.1 Å². The molecule has 6 nitrogen and oxygen atoms in total. The number of hydrogen-bond acceptors (Lipinski definition) is 6. The van der Waals surface area contributed by atoms with Crippen LogP contribution in [0.15, 0.2) is 27.2 Å². The molecule has 21 heavy (non-hydrogen) atoms. The Morgan fingerprint density at radius 3 is 2.76 bits per heavy atom. The van der Waals surface area contributed by atoms with Gasteiger partial charge in [0.25, 0.3) is 0 Å². The SMILES string of the molecule is CC(CCc1ccco1)Nc1nnc(CNC(C)(C)C)o1. The van der Waals surface area contributed by atoms with Crippen LogP contribution >= 0.6 is 0 Å². The molecule has 2 N–H and O–H groups in total. The molecule has 0 saturated heterocycles. The van der Waals surface area contributed by atoms with Gasteiger partial charge >= 0.3 is 6.01 Å². The van der Waals surface area contributed by atoms with Crippen LogP contribution in [0.4, 0.5) is 6.01 Å². The Kier molecular flexibility index (Phi) is 5.01. The summed E-state index contributed by atoms with van der Waals surface area (Å²) in [6, 6.07) is 4.59. The Morgan fingerprint density at radius 2 is 2.10 bits per heavy atom. The number of anilines is 1. The van der Waals surface area contributed by atoms with E-state index < -0.39 is 0 Å². The van der Waals surface area contributed by atoms with E-state index in [1.165, 1.54) is 0 Å². The highest BCUT2D eigenvalue weighted by atomic mass is 16.4. The lowest BCUT2D eigenvalue weighted by Gasteiger charge is -2.18. The van der Waals surface area contributed by atoms with Crippen molar-refractivity contribution in [1.29, 1.82) is 0 Å². The molecule has 2 heterocycles. The van der Waals surface area contributed by atoms with E-state index >= 15 is 0 Å². The first kappa shape index (κ1) is 15.6. The number of nitrogens with one attached hydrogen (secondary N) is 2. The van der Waals surface area contributed by atoms with E-state index in [2.05, 4.69) is 48.5 Å². The van der Waals surface area contributed by atoms with Gasteiger partial charge in [0.2, 0.25) is 5.89 Å². The average Bonchev–Trinajstić information content (AvgIpc) is 3.04. The molecule has 2 aromatic heterocycles. The van der Waals surface area contributed by atoms with Gasteiger partial charge in [0.05, 0.1) is 12.8 Å². The van der Waals surface area contributed by atoms with E-state index in [1.54, 1.807) is 6.26 Å². The second-order valence-corrected chi connectivity index (χ2v) is 6.27. The van der Waals surface area contributed by atoms with Crippen LogP contribution < -0.4 is 10.6 Å². The number of furan rings is 1. The van der Waals surface area contributed by atoms with Crippen molar-refractivity contribution < 1.29 is 8.83 Å². The summed E-state index contributed by atoms with van der Waals surface area (Å²) in [6.07, 6.45) is 3.51. The van der Waals surface area contributed by atoms with E-state index in [4.69, 9.17) is 8.83 Å². The van der Waals surface area contributed by atoms with Crippen molar-refractivity contribution in [3.8, 4) is 0 Å². The highest BCUT2D eigenvalue weighted by Gasteiger charge is 2.13. The lowest BCUT2D eigenvalue weighted by molar-refractivity contribution is 0.383. The first-order valence-corrected chi connectivity index (χ1v) is 7.29. The first-order chi connectivity index (χ1) is 9.92. The Hall–Kier alpha value is -1.82. The van der Waals surface area contributed by atoms with Gasteiger partial charge in [-0.25, -0.2) is 0 Å². The van der Waals surface area contributed by atoms with Crippen LogP contribution in [0.3, 0.4) is 0 Å². The van der Waals surface area contributed by atoms with Gasteiger partial charge in [-0.3, -0.25) is 0 Å². The third-order valence-electron chi connectivity index (χ3n) is 3.01. The van der Waals surface area contributed by atoms with Crippen LogP contribution in [-0.2, 0) is 13.0 Å². The van der Waals surface area contributed by atoms with Crippen molar-refractivity contribution in [2.75, 3.05) is 5.32 Å². The summed E-state index contributed by atoms with van der Waals surface area (Å²) in [5.41, 5.74) is 0.0262. The largest absolute Gasteiger partial charge is 0.469 e. The third kappa shape index (κ3) is 5.59. The van der Waals surface area contributed by atoms with Crippen LogP contribution in [0.25, 0.3) is 0 Å². The maximum absolute atomic E-state index is 5.57. The van der Waals surface area contributed by atoms with Crippen LogP contribution in [0.1, 0.15) is 45.8 Å². The van der Waals surface area contributed by atoms with E-state index in [-0.39, 0.29) is 11.6 Å². The van der Waals surface area contributed by atoms with Crippen molar-refractivity contribution >= 4 is 6.01 Å². The number of hydrogen-bond donors (Lipinski definition) is 2. The average molecular weight is 292 g/mol. The predicted octanol–water partition coefficient (Wildman–Crippen LogP) is 2.98. The summed E-state index contributed by atoms with van der Waals surface area (Å²) in [6.45, 7) is 8.94. The van der Waals surface area contributed by atoms with Gasteiger partial charge in [-0.15, -0.1) is 5.10 Å². The Balaban J connectivity index is 1.76. The van der Waals surface area contributed by atoms with Gasteiger partial charge in [0.15, 0.2) is 0 Å². The fourth-order valence-corrected chi connectivity index (χ4v) is 1.82. The lowest BCUT2D eigenvalue weighted by atomic mass is 10.1. The van der Waals surface area contributed by atoms with Gasteiger partial charge in [-0.05, 0) is 46.2 Å². The normalized spacial score (nSPS) is 13.3. The third-order valence-corrected chi connectivity index (χ3v) is 3.01. The molecule has 0 aromatic carbocycles. The molecule has 2 rings (SSSR count). The summed E-state index contributed by atoms with van der Waals surface area (Å²) in [7, 11) is 0. The van der Waals surface area contributed by atoms with E-state index in [1.807, 2.05) is 12.1 Å². The van der Waals surface area contributed by atoms with E-state index in [0.717, 1.165) is 18.6 Å². The summed E-state index contributed by atoms with van der Waals surface area (Å²) in [5.74, 6) is 1.58. The monoisotopic (exact) mass is 292 g/mol. The molecule has 0 aliphatic rings. The molecular formula is C15H24N4O2. The summed E-state index contributed by atoms with van der Waals surface area (Å²) in [5, 5.41) is 14.6. The standard InChI is InChI=1S/C15H24N4O2/c1-11(7-8-12-6-5-9-20-12)17-14-19-18-13(21-14)10-16-15(2,3)4/h5-6,9,11,16H,7-8,10H2,1-4H3,(H,17,19). The molecule has 2 aromatic rings. The molecule has 0 bridgehead atoms. The Bertz CT molecular complexity index is 528. The molecule has 0 spiro atoms. The fraction of sp³-hybridized carbons (Fsp3) is 0.600. The van der Waals surface area contributed by atoms with Crippen molar-refractivity contribution in [3.63, 3.8) is 0 Å². The quantitative estimate of drug-likeness (QED) is 0.817. The Morgan fingerprint density at radius 1 is 1.29 bits per heavy atom. The van der Waals surface area contributed by atoms with Gasteiger partial charge in [-0.2, -0.15) is 0 Å². The second kappa shape index (κ2) is 6.76. The number of aromatic nitrogens is 2. The minimum Gasteiger partial charge on any atom is -0.469 e. The minimum absolute atomic E-state index is 0.0262. The molecule has 116 valence electrons. The first-order valence-electron chi connectivity index (χ1n) is 7.29. The van der Waals surface area contributed by atoms with Crippen molar-refractivity contribution in [2.24, 2.45) is 0 Å². The van der Waals surface area contributed by atoms with E-state index in [9.17, 15) is 0 Å². The molecule has 0 radical (unpaired) electrons. The molecule has 1 unspecified atom stereocenters. The zero-order valence-electron chi connectivity index (χ0n) is 13.1. The highest BCUT2D eigenvalue weighted by Crippen LogP contribution is 2.12. The highest BCUT2D eigenvalue weighted by molar-refractivity contribution is 5.19. The second-order valence-electron chi connectivity index (χ2n) is 6.27. The molecular weight excluding hydrogens is 268 g/mol. The maximum Gasteiger partial charge on any atom is 0.315 e. The fourth-order valence-electron chi connectivity index (χ4n) is 1.82. The van der Waals surface area contributed by atoms with Crippen LogP contribution in [-0.4, -0.2) is 21.8 Å². The van der Waals surface area contributed by atoms with Crippen LogP contribution in [0, 0.1) is 0 Å². The number of nitrogens with zero attached hydrogens (tertiary/aromatic N) is 2. The van der Waals surface area contributed by atoms with Gasteiger partial charge in [0.1, 0.15) is 5.76 Å². The van der Waals surface area contributed by atoms with Crippen molar-refractivity contribution in [1.82, 2.24) is 15.5 Å². The molecule has 6 heteroatoms. The van der Waals surface area contributed by atoms with Gasteiger partial charge in [0, 0.05) is 18.0 Å². The maximum atomic E-state index is 5.57. The molecule has 1 atom stereocenters.